The lowest BCUT2D eigenvalue weighted by Crippen LogP contribution is -2.34. The Kier molecular flexibility index (Phi) is 4.45. The predicted octanol–water partition coefficient (Wildman–Crippen LogP) is 4.68. The number of aryl methyl sites for hydroxylation is 1. The SMILES string of the molecule is Cc1ccc(C2(CCN3CCCC3)CCCCC2)cc1. The van der Waals surface area contributed by atoms with Gasteiger partial charge in [0.05, 0.1) is 0 Å². The quantitative estimate of drug-likeness (QED) is 0.768. The first-order valence-corrected chi connectivity index (χ1v) is 8.58. The second-order valence-electron chi connectivity index (χ2n) is 7.01. The fourth-order valence-electron chi connectivity index (χ4n) is 4.20. The van der Waals surface area contributed by atoms with Gasteiger partial charge in [0.25, 0.3) is 0 Å². The molecule has 0 atom stereocenters. The molecule has 2 fully saturated rings. The second kappa shape index (κ2) is 6.30. The van der Waals surface area contributed by atoms with Crippen molar-refractivity contribution in [2.75, 3.05) is 19.6 Å². The van der Waals surface area contributed by atoms with Crippen molar-refractivity contribution >= 4 is 0 Å². The van der Waals surface area contributed by atoms with E-state index in [2.05, 4.69) is 36.1 Å². The van der Waals surface area contributed by atoms with Gasteiger partial charge in [-0.3, -0.25) is 0 Å². The summed E-state index contributed by atoms with van der Waals surface area (Å²) >= 11 is 0. The summed E-state index contributed by atoms with van der Waals surface area (Å²) in [6.07, 6.45) is 11.3. The molecule has 0 spiro atoms. The maximum absolute atomic E-state index is 2.69. The number of benzene rings is 1. The molecule has 0 aromatic heterocycles. The van der Waals surface area contributed by atoms with Crippen molar-refractivity contribution in [3.63, 3.8) is 0 Å². The maximum Gasteiger partial charge on any atom is -0.00102 e. The zero-order valence-corrected chi connectivity index (χ0v) is 13.0. The van der Waals surface area contributed by atoms with Crippen molar-refractivity contribution in [1.82, 2.24) is 4.90 Å². The molecule has 2 aliphatic rings. The number of nitrogens with zero attached hydrogens (tertiary/aromatic N) is 1. The van der Waals surface area contributed by atoms with Gasteiger partial charge in [-0.05, 0) is 69.6 Å². The first-order valence-electron chi connectivity index (χ1n) is 8.58. The van der Waals surface area contributed by atoms with Crippen LogP contribution in [-0.2, 0) is 5.41 Å². The third-order valence-corrected chi connectivity index (χ3v) is 5.58. The van der Waals surface area contributed by atoms with Gasteiger partial charge in [-0.2, -0.15) is 0 Å². The third kappa shape index (κ3) is 3.09. The molecule has 0 bridgehead atoms. The molecule has 1 aromatic carbocycles. The van der Waals surface area contributed by atoms with E-state index in [1.54, 1.807) is 5.56 Å². The molecule has 0 amide bonds. The molecule has 1 saturated carbocycles. The Morgan fingerprint density at radius 1 is 0.900 bits per heavy atom. The van der Waals surface area contributed by atoms with Gasteiger partial charge in [-0.25, -0.2) is 0 Å². The standard InChI is InChI=1S/C19H29N/c1-17-7-9-18(10-8-17)19(11-3-2-4-12-19)13-16-20-14-5-6-15-20/h7-10H,2-6,11-16H2,1H3. The van der Waals surface area contributed by atoms with Gasteiger partial charge in [-0.1, -0.05) is 49.1 Å². The highest BCUT2D eigenvalue weighted by atomic mass is 15.1. The van der Waals surface area contributed by atoms with Gasteiger partial charge in [0.2, 0.25) is 0 Å². The molecule has 1 aromatic rings. The molecule has 110 valence electrons. The summed E-state index contributed by atoms with van der Waals surface area (Å²) in [5, 5.41) is 0. The van der Waals surface area contributed by atoms with Crippen LogP contribution >= 0.6 is 0 Å². The smallest absolute Gasteiger partial charge is 0.00102 e. The minimum atomic E-state index is 0.481. The zero-order chi connectivity index (χ0) is 13.8. The Labute approximate surface area is 124 Å². The summed E-state index contributed by atoms with van der Waals surface area (Å²) in [5.41, 5.74) is 3.48. The number of hydrogen-bond donors (Lipinski definition) is 0. The summed E-state index contributed by atoms with van der Waals surface area (Å²) in [6.45, 7) is 6.18. The Morgan fingerprint density at radius 2 is 1.55 bits per heavy atom. The summed E-state index contributed by atoms with van der Waals surface area (Å²) in [6, 6.07) is 9.43. The zero-order valence-electron chi connectivity index (χ0n) is 13.0. The van der Waals surface area contributed by atoms with Crippen molar-refractivity contribution in [3.8, 4) is 0 Å². The lowest BCUT2D eigenvalue weighted by molar-refractivity contribution is 0.226. The Balaban J connectivity index is 1.74. The average Bonchev–Trinajstić information content (AvgIpc) is 3.00. The molecule has 0 N–H and O–H groups in total. The molecular weight excluding hydrogens is 242 g/mol. The molecule has 1 aliphatic carbocycles. The van der Waals surface area contributed by atoms with Crippen LogP contribution in [0, 0.1) is 6.92 Å². The Hall–Kier alpha value is -0.820. The van der Waals surface area contributed by atoms with Crippen molar-refractivity contribution in [1.29, 1.82) is 0 Å². The largest absolute Gasteiger partial charge is 0.303 e. The van der Waals surface area contributed by atoms with Crippen LogP contribution in [0.4, 0.5) is 0 Å². The van der Waals surface area contributed by atoms with Gasteiger partial charge >= 0.3 is 0 Å². The Morgan fingerprint density at radius 3 is 2.20 bits per heavy atom. The molecule has 1 saturated heterocycles. The van der Waals surface area contributed by atoms with Crippen molar-refractivity contribution in [3.05, 3.63) is 35.4 Å². The second-order valence-corrected chi connectivity index (χ2v) is 7.01. The molecular formula is C19H29N. The van der Waals surface area contributed by atoms with E-state index in [4.69, 9.17) is 0 Å². The Bertz CT molecular complexity index is 408. The maximum atomic E-state index is 2.69. The normalized spacial score (nSPS) is 23.1. The van der Waals surface area contributed by atoms with Crippen LogP contribution in [0.5, 0.6) is 0 Å². The van der Waals surface area contributed by atoms with E-state index < -0.39 is 0 Å². The summed E-state index contributed by atoms with van der Waals surface area (Å²) < 4.78 is 0. The molecule has 1 nitrogen and oxygen atoms in total. The van der Waals surface area contributed by atoms with Gasteiger partial charge in [0.15, 0.2) is 0 Å². The minimum Gasteiger partial charge on any atom is -0.303 e. The molecule has 1 aliphatic heterocycles. The molecule has 0 unspecified atom stereocenters. The molecule has 20 heavy (non-hydrogen) atoms. The van der Waals surface area contributed by atoms with Gasteiger partial charge in [0, 0.05) is 0 Å². The number of likely N-dealkylation sites (tertiary alicyclic amines) is 1. The van der Waals surface area contributed by atoms with Crippen molar-refractivity contribution in [2.45, 2.75) is 63.7 Å². The van der Waals surface area contributed by atoms with E-state index in [9.17, 15) is 0 Å². The first kappa shape index (κ1) is 14.1. The lowest BCUT2D eigenvalue weighted by atomic mass is 9.67. The average molecular weight is 271 g/mol. The first-order chi connectivity index (χ1) is 9.78. The molecule has 1 heteroatoms. The van der Waals surface area contributed by atoms with Crippen LogP contribution in [0.15, 0.2) is 24.3 Å². The van der Waals surface area contributed by atoms with Gasteiger partial charge in [0.1, 0.15) is 0 Å². The van der Waals surface area contributed by atoms with E-state index in [1.165, 1.54) is 76.6 Å². The van der Waals surface area contributed by atoms with E-state index in [1.807, 2.05) is 0 Å². The highest BCUT2D eigenvalue weighted by molar-refractivity contribution is 5.29. The monoisotopic (exact) mass is 271 g/mol. The molecule has 0 radical (unpaired) electrons. The fourth-order valence-corrected chi connectivity index (χ4v) is 4.20. The third-order valence-electron chi connectivity index (χ3n) is 5.58. The van der Waals surface area contributed by atoms with Gasteiger partial charge in [-0.15, -0.1) is 0 Å². The fraction of sp³-hybridized carbons (Fsp3) is 0.684. The lowest BCUT2D eigenvalue weighted by Gasteiger charge is -2.39. The van der Waals surface area contributed by atoms with E-state index >= 15 is 0 Å². The van der Waals surface area contributed by atoms with Crippen LogP contribution in [0.25, 0.3) is 0 Å². The predicted molar refractivity (Wildman–Crippen MR) is 86.2 cm³/mol. The minimum absolute atomic E-state index is 0.481. The van der Waals surface area contributed by atoms with Gasteiger partial charge < -0.3 is 4.90 Å². The van der Waals surface area contributed by atoms with Crippen LogP contribution < -0.4 is 0 Å². The highest BCUT2D eigenvalue weighted by Gasteiger charge is 2.34. The van der Waals surface area contributed by atoms with E-state index in [0.29, 0.717) is 5.41 Å². The van der Waals surface area contributed by atoms with E-state index in [-0.39, 0.29) is 0 Å². The molecule has 1 heterocycles. The van der Waals surface area contributed by atoms with Crippen LogP contribution in [-0.4, -0.2) is 24.5 Å². The van der Waals surface area contributed by atoms with Crippen LogP contribution in [0.2, 0.25) is 0 Å². The summed E-state index contributed by atoms with van der Waals surface area (Å²) in [7, 11) is 0. The summed E-state index contributed by atoms with van der Waals surface area (Å²) in [5.74, 6) is 0. The van der Waals surface area contributed by atoms with Crippen molar-refractivity contribution < 1.29 is 0 Å². The number of rotatable bonds is 4. The van der Waals surface area contributed by atoms with Crippen LogP contribution in [0.3, 0.4) is 0 Å². The van der Waals surface area contributed by atoms with E-state index in [0.717, 1.165) is 0 Å². The topological polar surface area (TPSA) is 3.24 Å². The van der Waals surface area contributed by atoms with Crippen molar-refractivity contribution in [2.24, 2.45) is 0 Å². The number of hydrogen-bond acceptors (Lipinski definition) is 1. The molecule has 3 rings (SSSR count). The van der Waals surface area contributed by atoms with Crippen LogP contribution in [0.1, 0.15) is 62.5 Å². The highest BCUT2D eigenvalue weighted by Crippen LogP contribution is 2.42. The summed E-state index contributed by atoms with van der Waals surface area (Å²) in [4.78, 5) is 2.69.